The second kappa shape index (κ2) is 1.78. The fourth-order valence-corrected chi connectivity index (χ4v) is 0.926. The van der Waals surface area contributed by atoms with Crippen LogP contribution in [0, 0.1) is 6.92 Å². The number of nitrogens with one attached hydrogen (secondary N) is 1. The zero-order chi connectivity index (χ0) is 6.15. The van der Waals surface area contributed by atoms with Crippen molar-refractivity contribution in [2.75, 3.05) is 0 Å². The molecule has 1 heterocycles. The van der Waals surface area contributed by atoms with Gasteiger partial charge in [0.2, 0.25) is 5.91 Å². The summed E-state index contributed by atoms with van der Waals surface area (Å²) in [5, 5.41) is 0.976. The molecule has 1 aliphatic rings. The molecule has 1 atom stereocenters. The lowest BCUT2D eigenvalue weighted by Crippen LogP contribution is -2.22. The van der Waals surface area contributed by atoms with Crippen molar-refractivity contribution in [2.45, 2.75) is 5.25 Å². The van der Waals surface area contributed by atoms with Crippen LogP contribution in [0.25, 0.3) is 0 Å². The van der Waals surface area contributed by atoms with Crippen LogP contribution in [0.1, 0.15) is 0 Å². The molecule has 0 saturated carbocycles. The lowest BCUT2D eigenvalue weighted by atomic mass is 10.5. The standard InChI is InChI=1S/C4H3NO2S/c1-2-3(6)5-4(7)8-2/h1-2H,(H,5,6,7). The smallest absolute Gasteiger partial charge is 0.286 e. The second-order valence-electron chi connectivity index (χ2n) is 1.32. The number of amides is 2. The van der Waals surface area contributed by atoms with E-state index >= 15 is 0 Å². The number of rotatable bonds is 0. The van der Waals surface area contributed by atoms with Crippen molar-refractivity contribution < 1.29 is 9.59 Å². The first-order chi connectivity index (χ1) is 3.70. The summed E-state index contributed by atoms with van der Waals surface area (Å²) < 4.78 is 0. The highest BCUT2D eigenvalue weighted by Gasteiger charge is 2.26. The van der Waals surface area contributed by atoms with Gasteiger partial charge in [0, 0.05) is 0 Å². The van der Waals surface area contributed by atoms with Crippen molar-refractivity contribution in [3.63, 3.8) is 0 Å². The molecule has 2 amide bonds. The van der Waals surface area contributed by atoms with Gasteiger partial charge in [0.05, 0.1) is 5.25 Å². The van der Waals surface area contributed by atoms with Crippen molar-refractivity contribution in [3.8, 4) is 0 Å². The van der Waals surface area contributed by atoms with Gasteiger partial charge in [0.15, 0.2) is 0 Å². The van der Waals surface area contributed by atoms with Crippen LogP contribution in [0.4, 0.5) is 4.79 Å². The summed E-state index contributed by atoms with van der Waals surface area (Å²) in [5.41, 5.74) is 0. The molecular weight excluding hydrogens is 126 g/mol. The molecule has 0 aromatic heterocycles. The maximum Gasteiger partial charge on any atom is 0.286 e. The molecule has 1 aliphatic heterocycles. The number of imide groups is 1. The second-order valence-corrected chi connectivity index (χ2v) is 2.43. The maximum absolute atomic E-state index is 10.3. The van der Waals surface area contributed by atoms with Crippen LogP contribution in [-0.2, 0) is 4.79 Å². The van der Waals surface area contributed by atoms with Gasteiger partial charge >= 0.3 is 0 Å². The minimum atomic E-state index is -0.692. The van der Waals surface area contributed by atoms with Gasteiger partial charge in [-0.1, -0.05) is 11.8 Å². The minimum Gasteiger partial charge on any atom is -0.286 e. The molecule has 0 aromatic rings. The Labute approximate surface area is 50.8 Å². The number of carbonyl (C=O) groups is 2. The molecular formula is C4H3NO2S. The van der Waals surface area contributed by atoms with Gasteiger partial charge in [0.1, 0.15) is 0 Å². The maximum atomic E-state index is 10.3. The number of hydrogen-bond donors (Lipinski definition) is 1. The molecule has 0 aliphatic carbocycles. The fourth-order valence-electron chi connectivity index (χ4n) is 0.370. The summed E-state index contributed by atoms with van der Waals surface area (Å²) >= 11 is 0.807. The monoisotopic (exact) mass is 129 g/mol. The zero-order valence-electron chi connectivity index (χ0n) is 3.88. The Morgan fingerprint density at radius 1 is 1.62 bits per heavy atom. The lowest BCUT2D eigenvalue weighted by Gasteiger charge is -1.86. The molecule has 1 N–H and O–H groups in total. The summed E-state index contributed by atoms with van der Waals surface area (Å²) in [6, 6.07) is 0. The van der Waals surface area contributed by atoms with Crippen LogP contribution in [0.2, 0.25) is 0 Å². The van der Waals surface area contributed by atoms with E-state index in [9.17, 15) is 9.59 Å². The van der Waals surface area contributed by atoms with E-state index in [2.05, 4.69) is 0 Å². The Balaban J connectivity index is 2.64. The Morgan fingerprint density at radius 2 is 2.25 bits per heavy atom. The Hall–Kier alpha value is -0.510. The highest BCUT2D eigenvalue weighted by atomic mass is 32.2. The Kier molecular flexibility index (Phi) is 1.25. The fraction of sp³-hybridized carbons (Fsp3) is 0.250. The molecule has 4 heteroatoms. The predicted octanol–water partition coefficient (Wildman–Crippen LogP) is 0.0491. The van der Waals surface area contributed by atoms with E-state index in [4.69, 9.17) is 6.92 Å². The highest BCUT2D eigenvalue weighted by molar-refractivity contribution is 8.15. The van der Waals surface area contributed by atoms with Crippen molar-refractivity contribution in [1.82, 2.24) is 5.32 Å². The number of hydrogen-bond acceptors (Lipinski definition) is 3. The Morgan fingerprint density at radius 3 is 2.38 bits per heavy atom. The minimum absolute atomic E-state index is 0.359. The van der Waals surface area contributed by atoms with Gasteiger partial charge in [0.25, 0.3) is 5.24 Å². The molecule has 1 fully saturated rings. The molecule has 0 aromatic carbocycles. The molecule has 42 valence electrons. The van der Waals surface area contributed by atoms with E-state index in [-0.39, 0.29) is 5.24 Å². The van der Waals surface area contributed by atoms with Crippen LogP contribution in [0.3, 0.4) is 0 Å². The summed E-state index contributed by atoms with van der Waals surface area (Å²) in [4.78, 5) is 20.5. The van der Waals surface area contributed by atoms with E-state index in [1.165, 1.54) is 0 Å². The van der Waals surface area contributed by atoms with Crippen LogP contribution in [0.15, 0.2) is 0 Å². The number of carbonyl (C=O) groups excluding carboxylic acids is 2. The van der Waals surface area contributed by atoms with Crippen molar-refractivity contribution in [3.05, 3.63) is 6.92 Å². The van der Waals surface area contributed by atoms with Crippen molar-refractivity contribution >= 4 is 22.9 Å². The highest BCUT2D eigenvalue weighted by Crippen LogP contribution is 2.16. The molecule has 0 spiro atoms. The normalized spacial score (nSPS) is 28.4. The van der Waals surface area contributed by atoms with E-state index in [1.807, 2.05) is 5.32 Å². The van der Waals surface area contributed by atoms with E-state index in [0.717, 1.165) is 11.8 Å². The molecule has 2 radical (unpaired) electrons. The summed E-state index contributed by atoms with van der Waals surface area (Å²) in [5.74, 6) is -0.403. The first-order valence-electron chi connectivity index (χ1n) is 1.97. The summed E-state index contributed by atoms with van der Waals surface area (Å²) in [6.07, 6.45) is 0. The van der Waals surface area contributed by atoms with E-state index in [1.54, 1.807) is 0 Å². The van der Waals surface area contributed by atoms with Gasteiger partial charge in [-0.25, -0.2) is 0 Å². The third kappa shape index (κ3) is 0.838. The van der Waals surface area contributed by atoms with Gasteiger partial charge in [-0.2, -0.15) is 0 Å². The van der Waals surface area contributed by atoms with Gasteiger partial charge in [-0.05, 0) is 6.92 Å². The van der Waals surface area contributed by atoms with Crippen LogP contribution in [-0.4, -0.2) is 16.4 Å². The van der Waals surface area contributed by atoms with E-state index in [0.29, 0.717) is 0 Å². The molecule has 1 rings (SSSR count). The SMILES string of the molecule is [CH]C1SC(=O)NC1=O. The molecule has 1 unspecified atom stereocenters. The van der Waals surface area contributed by atoms with Crippen LogP contribution >= 0.6 is 11.8 Å². The average Bonchev–Trinajstić information content (AvgIpc) is 1.85. The van der Waals surface area contributed by atoms with Gasteiger partial charge in [-0.15, -0.1) is 0 Å². The number of thioether (sulfide) groups is 1. The topological polar surface area (TPSA) is 46.2 Å². The van der Waals surface area contributed by atoms with Crippen LogP contribution < -0.4 is 5.32 Å². The predicted molar refractivity (Wildman–Crippen MR) is 29.2 cm³/mol. The molecule has 8 heavy (non-hydrogen) atoms. The van der Waals surface area contributed by atoms with Crippen molar-refractivity contribution in [1.29, 1.82) is 0 Å². The van der Waals surface area contributed by atoms with Crippen LogP contribution in [0.5, 0.6) is 0 Å². The van der Waals surface area contributed by atoms with Gasteiger partial charge < -0.3 is 0 Å². The third-order valence-corrected chi connectivity index (χ3v) is 1.50. The molecule has 0 bridgehead atoms. The first-order valence-corrected chi connectivity index (χ1v) is 2.85. The van der Waals surface area contributed by atoms with E-state index < -0.39 is 11.2 Å². The quantitative estimate of drug-likeness (QED) is 0.502. The van der Waals surface area contributed by atoms with Crippen molar-refractivity contribution in [2.24, 2.45) is 0 Å². The zero-order valence-corrected chi connectivity index (χ0v) is 4.70. The largest absolute Gasteiger partial charge is 0.286 e. The lowest BCUT2D eigenvalue weighted by molar-refractivity contribution is -0.118. The summed E-state index contributed by atoms with van der Waals surface area (Å²) in [6.45, 7) is 5.10. The first kappa shape index (κ1) is 5.62. The summed E-state index contributed by atoms with van der Waals surface area (Å²) in [7, 11) is 0. The third-order valence-electron chi connectivity index (χ3n) is 0.718. The Bertz CT molecular complexity index is 145. The van der Waals surface area contributed by atoms with Gasteiger partial charge in [-0.3, -0.25) is 14.9 Å². The molecule has 3 nitrogen and oxygen atoms in total. The average molecular weight is 129 g/mol. The molecule has 1 saturated heterocycles.